The molecule has 0 unspecified atom stereocenters. The standard InChI is InChI=1S/C12H11ClO4/c1-15-9-5-3-8(4-6-9)12(16-2)10(13)7-11(14)17-12/h3-7H,1-2H3/t12-/m1/s1. The molecule has 0 spiro atoms. The maximum atomic E-state index is 11.2. The van der Waals surface area contributed by atoms with Gasteiger partial charge in [0.25, 0.3) is 5.79 Å². The largest absolute Gasteiger partial charge is 0.497 e. The van der Waals surface area contributed by atoms with Crippen LogP contribution in [0.1, 0.15) is 5.56 Å². The average molecular weight is 255 g/mol. The molecule has 0 saturated carbocycles. The molecule has 1 aromatic rings. The van der Waals surface area contributed by atoms with Gasteiger partial charge in [-0.2, -0.15) is 0 Å². The highest BCUT2D eigenvalue weighted by molar-refractivity contribution is 6.32. The van der Waals surface area contributed by atoms with Crippen molar-refractivity contribution in [3.8, 4) is 5.75 Å². The molecule has 1 aromatic carbocycles. The molecule has 1 atom stereocenters. The Morgan fingerprint density at radius 3 is 2.29 bits per heavy atom. The molecule has 0 aromatic heterocycles. The normalized spacial score (nSPS) is 23.2. The quantitative estimate of drug-likeness (QED) is 0.776. The first-order chi connectivity index (χ1) is 8.12. The van der Waals surface area contributed by atoms with Gasteiger partial charge in [0.15, 0.2) is 0 Å². The second-order valence-electron chi connectivity index (χ2n) is 3.46. The van der Waals surface area contributed by atoms with Crippen LogP contribution in [0.2, 0.25) is 0 Å². The van der Waals surface area contributed by atoms with Gasteiger partial charge in [-0.15, -0.1) is 0 Å². The van der Waals surface area contributed by atoms with Gasteiger partial charge in [-0.3, -0.25) is 0 Å². The van der Waals surface area contributed by atoms with E-state index in [2.05, 4.69) is 0 Å². The Labute approximate surface area is 104 Å². The molecule has 1 aliphatic rings. The molecule has 5 heteroatoms. The molecular weight excluding hydrogens is 244 g/mol. The molecule has 90 valence electrons. The molecule has 1 heterocycles. The fraction of sp³-hybridized carbons (Fsp3) is 0.250. The Morgan fingerprint density at radius 1 is 1.24 bits per heavy atom. The van der Waals surface area contributed by atoms with Crippen molar-refractivity contribution in [3.05, 3.63) is 40.9 Å². The van der Waals surface area contributed by atoms with Crippen molar-refractivity contribution in [1.29, 1.82) is 0 Å². The second-order valence-corrected chi connectivity index (χ2v) is 3.87. The van der Waals surface area contributed by atoms with Gasteiger partial charge in [-0.05, 0) is 24.3 Å². The number of cyclic esters (lactones) is 1. The highest BCUT2D eigenvalue weighted by Gasteiger charge is 2.45. The van der Waals surface area contributed by atoms with Crippen LogP contribution in [0.25, 0.3) is 0 Å². The molecule has 0 fully saturated rings. The number of hydrogen-bond acceptors (Lipinski definition) is 4. The van der Waals surface area contributed by atoms with Crippen LogP contribution >= 0.6 is 11.6 Å². The maximum absolute atomic E-state index is 11.2. The Balaban J connectivity index is 2.42. The van der Waals surface area contributed by atoms with Crippen molar-refractivity contribution in [3.63, 3.8) is 0 Å². The minimum atomic E-state index is -1.33. The number of hydrogen-bond donors (Lipinski definition) is 0. The molecule has 2 rings (SSSR count). The lowest BCUT2D eigenvalue weighted by atomic mass is 10.1. The number of rotatable bonds is 3. The number of esters is 1. The number of carbonyl (C=O) groups excluding carboxylic acids is 1. The minimum absolute atomic E-state index is 0.204. The average Bonchev–Trinajstić information content (AvgIpc) is 2.65. The van der Waals surface area contributed by atoms with E-state index in [0.29, 0.717) is 11.3 Å². The zero-order chi connectivity index (χ0) is 12.5. The van der Waals surface area contributed by atoms with Crippen LogP contribution in [-0.4, -0.2) is 20.2 Å². The molecule has 0 N–H and O–H groups in total. The smallest absolute Gasteiger partial charge is 0.335 e. The maximum Gasteiger partial charge on any atom is 0.335 e. The molecule has 0 aliphatic carbocycles. The number of methoxy groups -OCH3 is 2. The van der Waals surface area contributed by atoms with Crippen molar-refractivity contribution in [2.45, 2.75) is 5.79 Å². The number of ether oxygens (including phenoxy) is 3. The second kappa shape index (κ2) is 4.39. The van der Waals surface area contributed by atoms with Gasteiger partial charge in [-0.25, -0.2) is 4.79 Å². The van der Waals surface area contributed by atoms with Gasteiger partial charge in [-0.1, -0.05) is 11.6 Å². The van der Waals surface area contributed by atoms with Gasteiger partial charge in [0, 0.05) is 18.7 Å². The molecule has 4 nitrogen and oxygen atoms in total. The Hall–Kier alpha value is -1.52. The Morgan fingerprint density at radius 2 is 1.88 bits per heavy atom. The third-order valence-corrected chi connectivity index (χ3v) is 2.92. The van der Waals surface area contributed by atoms with E-state index in [-0.39, 0.29) is 5.03 Å². The summed E-state index contributed by atoms with van der Waals surface area (Å²) >= 11 is 6.00. The number of benzene rings is 1. The lowest BCUT2D eigenvalue weighted by molar-refractivity contribution is -0.194. The summed E-state index contributed by atoms with van der Waals surface area (Å²) in [6, 6.07) is 6.95. The van der Waals surface area contributed by atoms with E-state index in [1.807, 2.05) is 0 Å². The fourth-order valence-corrected chi connectivity index (χ4v) is 2.00. The Kier molecular flexibility index (Phi) is 3.09. The van der Waals surface area contributed by atoms with E-state index in [9.17, 15) is 4.79 Å². The summed E-state index contributed by atoms with van der Waals surface area (Å²) in [6.45, 7) is 0. The van der Waals surface area contributed by atoms with Gasteiger partial charge in [0.1, 0.15) is 10.8 Å². The first-order valence-corrected chi connectivity index (χ1v) is 5.30. The van der Waals surface area contributed by atoms with Crippen LogP contribution in [0.4, 0.5) is 0 Å². The lowest BCUT2D eigenvalue weighted by Crippen LogP contribution is -2.30. The predicted molar refractivity (Wildman–Crippen MR) is 61.7 cm³/mol. The molecule has 0 bridgehead atoms. The summed E-state index contributed by atoms with van der Waals surface area (Å²) < 4.78 is 15.5. The van der Waals surface area contributed by atoms with Crippen LogP contribution in [0.3, 0.4) is 0 Å². The fourth-order valence-electron chi connectivity index (χ4n) is 1.68. The van der Waals surface area contributed by atoms with Crippen LogP contribution in [0, 0.1) is 0 Å². The van der Waals surface area contributed by atoms with E-state index in [0.717, 1.165) is 0 Å². The van der Waals surface area contributed by atoms with Gasteiger partial charge >= 0.3 is 5.97 Å². The third-order valence-electron chi connectivity index (χ3n) is 2.56. The van der Waals surface area contributed by atoms with Crippen LogP contribution in [0.5, 0.6) is 5.75 Å². The van der Waals surface area contributed by atoms with Gasteiger partial charge in [0.2, 0.25) is 0 Å². The molecule has 1 aliphatic heterocycles. The first-order valence-electron chi connectivity index (χ1n) is 4.92. The van der Waals surface area contributed by atoms with Crippen LogP contribution < -0.4 is 4.74 Å². The summed E-state index contributed by atoms with van der Waals surface area (Å²) in [4.78, 5) is 11.2. The van der Waals surface area contributed by atoms with E-state index in [4.69, 9.17) is 25.8 Å². The zero-order valence-electron chi connectivity index (χ0n) is 9.40. The molecule has 17 heavy (non-hydrogen) atoms. The molecular formula is C12H11ClO4. The highest BCUT2D eigenvalue weighted by atomic mass is 35.5. The molecule has 0 amide bonds. The first kappa shape index (κ1) is 12.0. The predicted octanol–water partition coefficient (Wildman–Crippen LogP) is 2.17. The van der Waals surface area contributed by atoms with Crippen molar-refractivity contribution in [2.24, 2.45) is 0 Å². The van der Waals surface area contributed by atoms with Crippen molar-refractivity contribution in [1.82, 2.24) is 0 Å². The SMILES string of the molecule is COc1ccc([C@@]2(OC)OC(=O)C=C2Cl)cc1. The van der Waals surface area contributed by atoms with Crippen LogP contribution in [-0.2, 0) is 20.1 Å². The summed E-state index contributed by atoms with van der Waals surface area (Å²) in [7, 11) is 3.00. The number of halogens is 1. The van der Waals surface area contributed by atoms with E-state index < -0.39 is 11.8 Å². The molecule has 0 radical (unpaired) electrons. The minimum Gasteiger partial charge on any atom is -0.497 e. The highest BCUT2D eigenvalue weighted by Crippen LogP contribution is 2.41. The van der Waals surface area contributed by atoms with E-state index >= 15 is 0 Å². The van der Waals surface area contributed by atoms with Crippen molar-refractivity contribution in [2.75, 3.05) is 14.2 Å². The summed E-state index contributed by atoms with van der Waals surface area (Å²) in [5.41, 5.74) is 0.632. The number of carbonyl (C=O) groups is 1. The summed E-state index contributed by atoms with van der Waals surface area (Å²) in [6.07, 6.45) is 1.20. The van der Waals surface area contributed by atoms with Crippen molar-refractivity contribution >= 4 is 17.6 Å². The zero-order valence-corrected chi connectivity index (χ0v) is 10.2. The van der Waals surface area contributed by atoms with E-state index in [1.165, 1.54) is 13.2 Å². The van der Waals surface area contributed by atoms with Crippen molar-refractivity contribution < 1.29 is 19.0 Å². The third kappa shape index (κ3) is 1.90. The van der Waals surface area contributed by atoms with E-state index in [1.54, 1.807) is 31.4 Å². The van der Waals surface area contributed by atoms with Gasteiger partial charge < -0.3 is 14.2 Å². The Bertz CT molecular complexity index is 466. The summed E-state index contributed by atoms with van der Waals surface area (Å²) in [5, 5.41) is 0.204. The summed E-state index contributed by atoms with van der Waals surface area (Å²) in [5.74, 6) is -1.15. The molecule has 0 saturated heterocycles. The monoisotopic (exact) mass is 254 g/mol. The van der Waals surface area contributed by atoms with Gasteiger partial charge in [0.05, 0.1) is 7.11 Å². The lowest BCUT2D eigenvalue weighted by Gasteiger charge is -2.27. The topological polar surface area (TPSA) is 44.8 Å². The van der Waals surface area contributed by atoms with Crippen LogP contribution in [0.15, 0.2) is 35.4 Å².